The van der Waals surface area contributed by atoms with E-state index in [1.807, 2.05) is 5.01 Å². The van der Waals surface area contributed by atoms with Crippen molar-refractivity contribution in [1.29, 1.82) is 0 Å². The van der Waals surface area contributed by atoms with Crippen LogP contribution in [-0.2, 0) is 4.79 Å². The minimum atomic E-state index is 0.319. The van der Waals surface area contributed by atoms with Crippen LogP contribution in [0, 0.1) is 11.3 Å². The van der Waals surface area contributed by atoms with Crippen molar-refractivity contribution in [3.63, 3.8) is 0 Å². The highest BCUT2D eigenvalue weighted by atomic mass is 16.2. The summed E-state index contributed by atoms with van der Waals surface area (Å²) in [6.07, 6.45) is 2.21. The molecule has 1 aliphatic carbocycles. The van der Waals surface area contributed by atoms with E-state index in [9.17, 15) is 4.79 Å². The number of rotatable bonds is 1. The molecule has 1 spiro atoms. The Balaban J connectivity index is 1.63. The Labute approximate surface area is 77.6 Å². The molecule has 2 N–H and O–H groups in total. The Kier molecular flexibility index (Phi) is 1.46. The Bertz CT molecular complexity index is 243. The highest BCUT2D eigenvalue weighted by molar-refractivity contribution is 5.83. The van der Waals surface area contributed by atoms with Gasteiger partial charge in [0.05, 0.1) is 0 Å². The van der Waals surface area contributed by atoms with E-state index in [0.29, 0.717) is 17.2 Å². The van der Waals surface area contributed by atoms with Crippen LogP contribution in [0.4, 0.5) is 0 Å². The van der Waals surface area contributed by atoms with E-state index in [2.05, 4.69) is 10.7 Å². The summed E-state index contributed by atoms with van der Waals surface area (Å²) in [7, 11) is 0. The van der Waals surface area contributed by atoms with Gasteiger partial charge in [0.2, 0.25) is 5.91 Å². The van der Waals surface area contributed by atoms with Crippen molar-refractivity contribution in [2.75, 3.05) is 26.2 Å². The Hall–Kier alpha value is -0.610. The van der Waals surface area contributed by atoms with Gasteiger partial charge in [0.15, 0.2) is 0 Å². The van der Waals surface area contributed by atoms with Crippen LogP contribution in [0.2, 0.25) is 0 Å². The summed E-state index contributed by atoms with van der Waals surface area (Å²) in [5, 5.41) is 5.07. The third kappa shape index (κ3) is 1.02. The first-order valence-corrected chi connectivity index (χ1v) is 5.07. The third-order valence-electron chi connectivity index (χ3n) is 3.57. The van der Waals surface area contributed by atoms with Crippen molar-refractivity contribution in [2.45, 2.75) is 12.8 Å². The van der Waals surface area contributed by atoms with Gasteiger partial charge in [-0.25, -0.2) is 5.43 Å². The fraction of sp³-hybridized carbons (Fsp3) is 0.889. The second kappa shape index (κ2) is 2.45. The van der Waals surface area contributed by atoms with Gasteiger partial charge in [0.1, 0.15) is 0 Å². The summed E-state index contributed by atoms with van der Waals surface area (Å²) in [5.74, 6) is 0.651. The summed E-state index contributed by atoms with van der Waals surface area (Å²) in [4.78, 5) is 11.9. The number of hydrogen-bond acceptors (Lipinski definition) is 3. The molecule has 0 aromatic rings. The molecule has 13 heavy (non-hydrogen) atoms. The maximum Gasteiger partial charge on any atom is 0.240 e. The highest BCUT2D eigenvalue weighted by Crippen LogP contribution is 2.55. The molecule has 3 aliphatic rings. The zero-order chi connectivity index (χ0) is 8.89. The minimum absolute atomic E-state index is 0.319. The van der Waals surface area contributed by atoms with Crippen LogP contribution >= 0.6 is 0 Å². The molecule has 2 aliphatic heterocycles. The van der Waals surface area contributed by atoms with Crippen LogP contribution in [0.5, 0.6) is 0 Å². The van der Waals surface area contributed by atoms with Crippen molar-refractivity contribution in [1.82, 2.24) is 15.8 Å². The van der Waals surface area contributed by atoms with Gasteiger partial charge in [-0.2, -0.15) is 0 Å². The number of hydrazine groups is 1. The first-order chi connectivity index (χ1) is 6.32. The Morgan fingerprint density at radius 2 is 2.31 bits per heavy atom. The van der Waals surface area contributed by atoms with Crippen LogP contribution < -0.4 is 10.7 Å². The quantitative estimate of drug-likeness (QED) is 0.564. The van der Waals surface area contributed by atoms with Crippen LogP contribution in [-0.4, -0.2) is 37.1 Å². The average molecular weight is 181 g/mol. The molecule has 2 saturated heterocycles. The van der Waals surface area contributed by atoms with Crippen molar-refractivity contribution < 1.29 is 4.79 Å². The zero-order valence-electron chi connectivity index (χ0n) is 7.68. The number of carbonyl (C=O) groups is 1. The topological polar surface area (TPSA) is 44.4 Å². The molecule has 0 aromatic heterocycles. The maximum absolute atomic E-state index is 11.9. The van der Waals surface area contributed by atoms with Gasteiger partial charge in [-0.1, -0.05) is 0 Å². The average Bonchev–Trinajstić information content (AvgIpc) is 2.62. The maximum atomic E-state index is 11.9. The van der Waals surface area contributed by atoms with E-state index in [4.69, 9.17) is 0 Å². The fourth-order valence-corrected chi connectivity index (χ4v) is 2.44. The molecule has 4 nitrogen and oxygen atoms in total. The van der Waals surface area contributed by atoms with E-state index in [-0.39, 0.29) is 0 Å². The summed E-state index contributed by atoms with van der Waals surface area (Å²) >= 11 is 0. The molecule has 1 atom stereocenters. The van der Waals surface area contributed by atoms with Gasteiger partial charge in [0, 0.05) is 37.5 Å². The van der Waals surface area contributed by atoms with E-state index in [0.717, 1.165) is 39.0 Å². The standard InChI is InChI=1S/C9H15N3O/c13-8(12-3-1-2-11-12)7-4-9(7)5-10-6-9/h7,10-11H,1-6H2. The number of hydrogen-bond donors (Lipinski definition) is 2. The lowest BCUT2D eigenvalue weighted by Crippen LogP contribution is -2.48. The molecule has 2 heterocycles. The smallest absolute Gasteiger partial charge is 0.240 e. The van der Waals surface area contributed by atoms with Gasteiger partial charge in [-0.05, 0) is 12.8 Å². The molecule has 0 radical (unpaired) electrons. The lowest BCUT2D eigenvalue weighted by Gasteiger charge is -2.29. The van der Waals surface area contributed by atoms with Crippen LogP contribution in [0.25, 0.3) is 0 Å². The molecular formula is C9H15N3O. The van der Waals surface area contributed by atoms with Crippen molar-refractivity contribution in [3.8, 4) is 0 Å². The number of nitrogens with zero attached hydrogens (tertiary/aromatic N) is 1. The lowest BCUT2D eigenvalue weighted by atomic mass is 9.96. The van der Waals surface area contributed by atoms with Crippen LogP contribution in [0.15, 0.2) is 0 Å². The summed E-state index contributed by atoms with van der Waals surface area (Å²) in [5.41, 5.74) is 3.50. The van der Waals surface area contributed by atoms with E-state index < -0.39 is 0 Å². The molecule has 1 saturated carbocycles. The second-order valence-corrected chi connectivity index (χ2v) is 4.47. The zero-order valence-corrected chi connectivity index (χ0v) is 7.68. The van der Waals surface area contributed by atoms with E-state index in [1.165, 1.54) is 0 Å². The normalized spacial score (nSPS) is 34.8. The van der Waals surface area contributed by atoms with E-state index >= 15 is 0 Å². The molecule has 4 heteroatoms. The van der Waals surface area contributed by atoms with E-state index in [1.54, 1.807) is 0 Å². The molecule has 3 rings (SSSR count). The predicted octanol–water partition coefficient (Wildman–Crippen LogP) is -0.667. The molecule has 1 amide bonds. The lowest BCUT2D eigenvalue weighted by molar-refractivity contribution is -0.135. The SMILES string of the molecule is O=C(C1CC12CNC2)N1CCCN1. The van der Waals surface area contributed by atoms with Crippen LogP contribution in [0.3, 0.4) is 0 Å². The fourth-order valence-electron chi connectivity index (χ4n) is 2.44. The third-order valence-corrected chi connectivity index (χ3v) is 3.57. The second-order valence-electron chi connectivity index (χ2n) is 4.47. The minimum Gasteiger partial charge on any atom is -0.315 e. The first-order valence-electron chi connectivity index (χ1n) is 5.07. The number of amides is 1. The summed E-state index contributed by atoms with van der Waals surface area (Å²) in [6, 6.07) is 0. The summed E-state index contributed by atoms with van der Waals surface area (Å²) in [6.45, 7) is 3.97. The van der Waals surface area contributed by atoms with Gasteiger partial charge >= 0.3 is 0 Å². The number of carbonyl (C=O) groups excluding carboxylic acids is 1. The van der Waals surface area contributed by atoms with Crippen molar-refractivity contribution in [2.24, 2.45) is 11.3 Å². The molecule has 1 unspecified atom stereocenters. The number of nitrogens with one attached hydrogen (secondary N) is 2. The molecule has 3 fully saturated rings. The van der Waals surface area contributed by atoms with Gasteiger partial charge in [-0.3, -0.25) is 9.80 Å². The molecular weight excluding hydrogens is 166 g/mol. The Morgan fingerprint density at radius 1 is 1.46 bits per heavy atom. The Morgan fingerprint density at radius 3 is 2.77 bits per heavy atom. The molecule has 0 aromatic carbocycles. The van der Waals surface area contributed by atoms with Crippen LogP contribution in [0.1, 0.15) is 12.8 Å². The van der Waals surface area contributed by atoms with Gasteiger partial charge in [-0.15, -0.1) is 0 Å². The van der Waals surface area contributed by atoms with Crippen molar-refractivity contribution >= 4 is 5.91 Å². The summed E-state index contributed by atoms with van der Waals surface area (Å²) < 4.78 is 0. The van der Waals surface area contributed by atoms with Gasteiger partial charge in [0.25, 0.3) is 0 Å². The first kappa shape index (κ1) is 7.76. The van der Waals surface area contributed by atoms with Gasteiger partial charge < -0.3 is 5.32 Å². The highest BCUT2D eigenvalue weighted by Gasteiger charge is 2.62. The molecule has 0 bridgehead atoms. The van der Waals surface area contributed by atoms with Crippen molar-refractivity contribution in [3.05, 3.63) is 0 Å². The largest absolute Gasteiger partial charge is 0.315 e. The monoisotopic (exact) mass is 181 g/mol. The molecule has 72 valence electrons. The predicted molar refractivity (Wildman–Crippen MR) is 47.7 cm³/mol.